The van der Waals surface area contributed by atoms with Gasteiger partial charge in [0.15, 0.2) is 5.78 Å². The predicted molar refractivity (Wildman–Crippen MR) is 143 cm³/mol. The highest BCUT2D eigenvalue weighted by Crippen LogP contribution is 2.26. The molecule has 1 atom stereocenters. The van der Waals surface area contributed by atoms with Crippen LogP contribution in [-0.4, -0.2) is 29.4 Å². The number of amides is 2. The topological polar surface area (TPSA) is 101 Å². The first-order valence-electron chi connectivity index (χ1n) is 9.93. The van der Waals surface area contributed by atoms with E-state index in [1.54, 1.807) is 60.7 Å². The van der Waals surface area contributed by atoms with E-state index in [0.29, 0.717) is 32.5 Å². The van der Waals surface area contributed by atoms with Crippen LogP contribution in [0.5, 0.6) is 0 Å². The molecule has 3 rings (SSSR count). The molecule has 0 aliphatic rings. The molecule has 34 heavy (non-hydrogen) atoms. The third kappa shape index (κ3) is 7.22. The minimum Gasteiger partial charge on any atom is -0.325 e. The molecule has 10 heteroatoms. The Hall–Kier alpha value is -2.55. The summed E-state index contributed by atoms with van der Waals surface area (Å²) in [6.45, 7) is 0. The van der Waals surface area contributed by atoms with E-state index in [2.05, 4.69) is 23.3 Å². The van der Waals surface area contributed by atoms with Crippen molar-refractivity contribution < 1.29 is 14.4 Å². The highest BCUT2D eigenvalue weighted by atomic mass is 35.5. The lowest BCUT2D eigenvalue weighted by atomic mass is 10.0. The van der Waals surface area contributed by atoms with E-state index >= 15 is 0 Å². The Morgan fingerprint density at radius 2 is 1.65 bits per heavy atom. The number of hydrogen-bond acceptors (Lipinski definition) is 5. The zero-order chi connectivity index (χ0) is 24.0. The molecule has 6 nitrogen and oxygen atoms in total. The number of rotatable bonds is 8. The van der Waals surface area contributed by atoms with Crippen LogP contribution in [0.4, 0.5) is 11.4 Å². The van der Waals surface area contributed by atoms with Gasteiger partial charge in [-0.05, 0) is 42.0 Å². The van der Waals surface area contributed by atoms with Crippen LogP contribution in [0, 0.1) is 0 Å². The molecule has 0 unspecified atom stereocenters. The second-order valence-electron chi connectivity index (χ2n) is 7.19. The van der Waals surface area contributed by atoms with Crippen molar-refractivity contribution in [3.05, 3.63) is 93.5 Å². The quantitative estimate of drug-likeness (QED) is 0.239. The van der Waals surface area contributed by atoms with E-state index in [9.17, 15) is 14.4 Å². The highest BCUT2D eigenvalue weighted by molar-refractivity contribution is 7.80. The van der Waals surface area contributed by atoms with Crippen molar-refractivity contribution in [2.75, 3.05) is 16.4 Å². The van der Waals surface area contributed by atoms with E-state index in [0.717, 1.165) is 0 Å². The number of halogens is 3. The largest absolute Gasteiger partial charge is 0.325 e. The van der Waals surface area contributed by atoms with Gasteiger partial charge in [-0.25, -0.2) is 0 Å². The van der Waals surface area contributed by atoms with Crippen molar-refractivity contribution in [2.24, 2.45) is 5.73 Å². The monoisotopic (exact) mass is 537 g/mol. The molecule has 0 spiro atoms. The molecule has 178 valence electrons. The van der Waals surface area contributed by atoms with Crippen LogP contribution in [0.15, 0.2) is 66.7 Å². The van der Waals surface area contributed by atoms with Crippen molar-refractivity contribution in [1.29, 1.82) is 0 Å². The molecule has 4 N–H and O–H groups in total. The number of ketones is 1. The van der Waals surface area contributed by atoms with Crippen molar-refractivity contribution in [2.45, 2.75) is 12.5 Å². The van der Waals surface area contributed by atoms with Crippen LogP contribution in [-0.2, 0) is 16.0 Å². The maximum absolute atomic E-state index is 13.2. The number of thiol groups is 1. The molecule has 0 aliphatic carbocycles. The van der Waals surface area contributed by atoms with Crippen LogP contribution >= 0.6 is 48.2 Å². The molecule has 0 aliphatic heterocycles. The van der Waals surface area contributed by atoms with Gasteiger partial charge in [0.2, 0.25) is 11.8 Å². The highest BCUT2D eigenvalue weighted by Gasteiger charge is 2.19. The van der Waals surface area contributed by atoms with Crippen LogP contribution < -0.4 is 16.4 Å². The Morgan fingerprint density at radius 1 is 0.941 bits per heavy atom. The number of benzene rings is 3. The fraction of sp³-hybridized carbons (Fsp3) is 0.125. The third-order valence-corrected chi connectivity index (χ3v) is 5.73. The molecule has 0 fully saturated rings. The number of nitrogens with two attached hydrogens (primary N) is 1. The average Bonchev–Trinajstić information content (AvgIpc) is 2.81. The second-order valence-corrected chi connectivity index (χ2v) is 8.40. The van der Waals surface area contributed by atoms with E-state index < -0.39 is 11.9 Å². The summed E-state index contributed by atoms with van der Waals surface area (Å²) < 4.78 is 0. The maximum atomic E-state index is 13.2. The first kappa shape index (κ1) is 27.7. The Bertz CT molecular complexity index is 1190. The fourth-order valence-corrected chi connectivity index (χ4v) is 3.57. The van der Waals surface area contributed by atoms with Gasteiger partial charge in [0.05, 0.1) is 18.2 Å². The van der Waals surface area contributed by atoms with E-state index in [1.165, 1.54) is 6.07 Å². The second kappa shape index (κ2) is 12.8. The Balaban J connectivity index is 0.00000408. The number of anilines is 2. The summed E-state index contributed by atoms with van der Waals surface area (Å²) in [4.78, 5) is 38.1. The van der Waals surface area contributed by atoms with Gasteiger partial charge in [0.25, 0.3) is 0 Å². The zero-order valence-electron chi connectivity index (χ0n) is 17.8. The van der Waals surface area contributed by atoms with Crippen molar-refractivity contribution in [3.8, 4) is 0 Å². The minimum atomic E-state index is -0.802. The van der Waals surface area contributed by atoms with E-state index in [1.807, 2.05) is 0 Å². The number of hydrogen-bond donors (Lipinski definition) is 4. The number of carbonyl (C=O) groups is 3. The molecule has 0 heterocycles. The van der Waals surface area contributed by atoms with Crippen molar-refractivity contribution in [3.63, 3.8) is 0 Å². The molecule has 3 aromatic carbocycles. The maximum Gasteiger partial charge on any atom is 0.242 e. The smallest absolute Gasteiger partial charge is 0.242 e. The summed E-state index contributed by atoms with van der Waals surface area (Å²) >= 11 is 16.2. The predicted octanol–water partition coefficient (Wildman–Crippen LogP) is 5.02. The van der Waals surface area contributed by atoms with Gasteiger partial charge < -0.3 is 16.4 Å². The van der Waals surface area contributed by atoms with Crippen LogP contribution in [0.1, 0.15) is 21.5 Å². The Morgan fingerprint density at radius 3 is 2.32 bits per heavy atom. The average molecular weight is 539 g/mol. The van der Waals surface area contributed by atoms with Gasteiger partial charge >= 0.3 is 0 Å². The lowest BCUT2D eigenvalue weighted by molar-refractivity contribution is -0.117. The number of nitrogens with one attached hydrogen (secondary N) is 2. The summed E-state index contributed by atoms with van der Waals surface area (Å²) in [6.07, 6.45) is -0.0341. The summed E-state index contributed by atoms with van der Waals surface area (Å²) in [5, 5.41) is 6.29. The van der Waals surface area contributed by atoms with Gasteiger partial charge in [-0.2, -0.15) is 12.6 Å². The molecular formula is C24H22Cl3N3O3S. The molecule has 0 saturated carbocycles. The van der Waals surface area contributed by atoms with Crippen LogP contribution in [0.25, 0.3) is 0 Å². The van der Waals surface area contributed by atoms with Gasteiger partial charge in [0, 0.05) is 32.6 Å². The Labute approximate surface area is 219 Å². The standard InChI is InChI=1S/C24H21Cl2N3O3S.ClH/c25-16-6-8-19(26)15(10-16)11-22(30)29-21-9-7-17(28-24(32)20(27)13-33)12-18(21)23(31)14-4-2-1-3-5-14;/h1-10,12,20,33H,11,13,27H2,(H,28,32)(H,29,30);1H/t20-;/m0./s1. The molecule has 0 saturated heterocycles. The number of carbonyl (C=O) groups excluding carboxylic acids is 3. The molecular weight excluding hydrogens is 517 g/mol. The minimum absolute atomic E-state index is 0. The first-order chi connectivity index (χ1) is 15.8. The molecule has 0 aromatic heterocycles. The van der Waals surface area contributed by atoms with Crippen molar-refractivity contribution in [1.82, 2.24) is 0 Å². The van der Waals surface area contributed by atoms with Gasteiger partial charge in [-0.1, -0.05) is 53.5 Å². The third-order valence-electron chi connectivity index (χ3n) is 4.73. The zero-order valence-corrected chi connectivity index (χ0v) is 21.0. The lowest BCUT2D eigenvalue weighted by Gasteiger charge is -2.15. The van der Waals surface area contributed by atoms with Gasteiger partial charge in [-0.3, -0.25) is 14.4 Å². The van der Waals surface area contributed by atoms with Crippen molar-refractivity contribution >= 4 is 77.2 Å². The van der Waals surface area contributed by atoms with Crippen LogP contribution in [0.2, 0.25) is 10.0 Å². The fourth-order valence-electron chi connectivity index (χ4n) is 3.03. The molecule has 2 amide bonds. The lowest BCUT2D eigenvalue weighted by Crippen LogP contribution is -2.37. The SMILES string of the molecule is Cl.N[C@@H](CS)C(=O)Nc1ccc(NC(=O)Cc2cc(Cl)ccc2Cl)c(C(=O)c2ccccc2)c1. The molecule has 0 radical (unpaired) electrons. The Kier molecular flexibility index (Phi) is 10.4. The normalized spacial score (nSPS) is 11.2. The summed E-state index contributed by atoms with van der Waals surface area (Å²) in [5.41, 5.74) is 7.58. The van der Waals surface area contributed by atoms with E-state index in [-0.39, 0.29) is 41.8 Å². The molecule has 0 bridgehead atoms. The summed E-state index contributed by atoms with van der Waals surface area (Å²) in [6, 6.07) is 17.3. The summed E-state index contributed by atoms with van der Waals surface area (Å²) in [5.74, 6) is -0.964. The molecule has 3 aromatic rings. The van der Waals surface area contributed by atoms with E-state index in [4.69, 9.17) is 28.9 Å². The van der Waals surface area contributed by atoms with Gasteiger partial charge in [-0.15, -0.1) is 12.4 Å². The van der Waals surface area contributed by atoms with Gasteiger partial charge in [0.1, 0.15) is 0 Å². The van der Waals surface area contributed by atoms with Crippen LogP contribution in [0.3, 0.4) is 0 Å². The first-order valence-corrected chi connectivity index (χ1v) is 11.3. The summed E-state index contributed by atoms with van der Waals surface area (Å²) in [7, 11) is 0.